The van der Waals surface area contributed by atoms with Gasteiger partial charge in [-0.1, -0.05) is 6.42 Å². The summed E-state index contributed by atoms with van der Waals surface area (Å²) in [5.41, 5.74) is 1.98. The third-order valence-electron chi connectivity index (χ3n) is 5.29. The molecule has 1 saturated heterocycles. The van der Waals surface area contributed by atoms with Gasteiger partial charge in [-0.3, -0.25) is 9.79 Å². The Labute approximate surface area is 195 Å². The summed E-state index contributed by atoms with van der Waals surface area (Å²) in [6.07, 6.45) is 7.60. The molecule has 1 aromatic carbocycles. The molecule has 6 nitrogen and oxygen atoms in total. The Kier molecular flexibility index (Phi) is 10.4. The van der Waals surface area contributed by atoms with E-state index < -0.39 is 0 Å². The summed E-state index contributed by atoms with van der Waals surface area (Å²) in [5, 5.41) is 7.68. The first-order chi connectivity index (χ1) is 14.2. The second kappa shape index (κ2) is 12.8. The Hall–Kier alpha value is -1.84. The predicted molar refractivity (Wildman–Crippen MR) is 131 cm³/mol. The van der Waals surface area contributed by atoms with Crippen molar-refractivity contribution in [2.75, 3.05) is 32.7 Å². The van der Waals surface area contributed by atoms with Crippen molar-refractivity contribution >= 4 is 46.7 Å². The molecule has 0 aliphatic carbocycles. The number of hydrogen-bond donors (Lipinski definition) is 3. The van der Waals surface area contributed by atoms with Crippen LogP contribution in [0.2, 0.25) is 0 Å². The van der Waals surface area contributed by atoms with E-state index >= 15 is 0 Å². The zero-order valence-electron chi connectivity index (χ0n) is 17.7. The van der Waals surface area contributed by atoms with Crippen molar-refractivity contribution in [1.82, 2.24) is 20.5 Å². The molecule has 0 atom stereocenters. The van der Waals surface area contributed by atoms with Crippen molar-refractivity contribution in [3.05, 3.63) is 35.8 Å². The van der Waals surface area contributed by atoms with E-state index in [1.54, 1.807) is 0 Å². The van der Waals surface area contributed by atoms with Crippen LogP contribution >= 0.6 is 24.0 Å². The van der Waals surface area contributed by atoms with Crippen molar-refractivity contribution in [3.63, 3.8) is 0 Å². The molecule has 8 heteroatoms. The summed E-state index contributed by atoms with van der Waals surface area (Å²) in [6, 6.07) is 4.83. The minimum absolute atomic E-state index is 0. The minimum Gasteiger partial charge on any atom is -0.361 e. The highest BCUT2D eigenvalue weighted by Crippen LogP contribution is 2.19. The van der Waals surface area contributed by atoms with Gasteiger partial charge in [0, 0.05) is 56.2 Å². The first-order valence-electron chi connectivity index (χ1n) is 10.7. The fourth-order valence-electron chi connectivity index (χ4n) is 3.75. The van der Waals surface area contributed by atoms with Crippen LogP contribution < -0.4 is 10.6 Å². The lowest BCUT2D eigenvalue weighted by molar-refractivity contribution is -0.130. The molecule has 0 bridgehead atoms. The first kappa shape index (κ1) is 24.4. The maximum Gasteiger partial charge on any atom is 0.222 e. The van der Waals surface area contributed by atoms with E-state index in [2.05, 4.69) is 20.6 Å². The third-order valence-corrected chi connectivity index (χ3v) is 5.29. The van der Waals surface area contributed by atoms with Crippen molar-refractivity contribution in [3.8, 4) is 0 Å². The number of carbonyl (C=O) groups excluding carboxylic acids is 1. The van der Waals surface area contributed by atoms with Crippen LogP contribution in [0.25, 0.3) is 10.9 Å². The molecule has 3 rings (SSSR count). The van der Waals surface area contributed by atoms with Gasteiger partial charge in [0.05, 0.1) is 0 Å². The molecule has 166 valence electrons. The number of nitrogens with one attached hydrogen (secondary N) is 3. The fraction of sp³-hybridized carbons (Fsp3) is 0.545. The molecule has 2 aromatic rings. The van der Waals surface area contributed by atoms with Crippen LogP contribution in [-0.4, -0.2) is 54.5 Å². The number of hydrogen-bond acceptors (Lipinski definition) is 2. The number of guanidine groups is 1. The van der Waals surface area contributed by atoms with Crippen LogP contribution in [0.4, 0.5) is 4.39 Å². The van der Waals surface area contributed by atoms with E-state index in [9.17, 15) is 9.18 Å². The number of H-pyrrole nitrogens is 1. The molecule has 3 N–H and O–H groups in total. The van der Waals surface area contributed by atoms with Gasteiger partial charge in [-0.15, -0.1) is 24.0 Å². The number of aromatic nitrogens is 1. The molecule has 0 unspecified atom stereocenters. The Bertz CT molecular complexity index is 838. The van der Waals surface area contributed by atoms with E-state index in [1.807, 2.05) is 24.1 Å². The molecule has 0 saturated carbocycles. The zero-order chi connectivity index (χ0) is 20.5. The van der Waals surface area contributed by atoms with Gasteiger partial charge in [-0.25, -0.2) is 4.39 Å². The average molecular weight is 529 g/mol. The Morgan fingerprint density at radius 3 is 2.97 bits per heavy atom. The van der Waals surface area contributed by atoms with E-state index in [-0.39, 0.29) is 35.7 Å². The molecule has 1 aliphatic rings. The molecule has 1 fully saturated rings. The molecular formula is C22H33FIN5O. The summed E-state index contributed by atoms with van der Waals surface area (Å²) < 4.78 is 13.3. The molecular weight excluding hydrogens is 496 g/mol. The summed E-state index contributed by atoms with van der Waals surface area (Å²) in [5.74, 6) is 0.850. The molecule has 0 radical (unpaired) electrons. The second-order valence-corrected chi connectivity index (χ2v) is 7.49. The van der Waals surface area contributed by atoms with Crippen molar-refractivity contribution < 1.29 is 9.18 Å². The fourth-order valence-corrected chi connectivity index (χ4v) is 3.75. The SMILES string of the molecule is CCNC(=NCCCN1CCCCCC1=O)NCCc1c[nH]c2cc(F)ccc12.I. The predicted octanol–water partition coefficient (Wildman–Crippen LogP) is 3.82. The molecule has 2 heterocycles. The monoisotopic (exact) mass is 529 g/mol. The zero-order valence-corrected chi connectivity index (χ0v) is 20.0. The van der Waals surface area contributed by atoms with Gasteiger partial charge in [0.25, 0.3) is 0 Å². The van der Waals surface area contributed by atoms with Crippen molar-refractivity contribution in [1.29, 1.82) is 0 Å². The number of amides is 1. The summed E-state index contributed by atoms with van der Waals surface area (Å²) in [6.45, 7) is 5.93. The van der Waals surface area contributed by atoms with Crippen LogP contribution in [0.5, 0.6) is 0 Å². The van der Waals surface area contributed by atoms with Crippen LogP contribution in [0.1, 0.15) is 44.6 Å². The first-order valence-corrected chi connectivity index (χ1v) is 10.7. The number of fused-ring (bicyclic) bond motifs is 1. The number of aromatic amines is 1. The van der Waals surface area contributed by atoms with Crippen LogP contribution in [-0.2, 0) is 11.2 Å². The third kappa shape index (κ3) is 7.14. The largest absolute Gasteiger partial charge is 0.361 e. The number of benzene rings is 1. The topological polar surface area (TPSA) is 72.5 Å². The highest BCUT2D eigenvalue weighted by atomic mass is 127. The van der Waals surface area contributed by atoms with Gasteiger partial charge in [-0.2, -0.15) is 0 Å². The molecule has 30 heavy (non-hydrogen) atoms. The average Bonchev–Trinajstić information content (AvgIpc) is 2.98. The molecule has 1 aliphatic heterocycles. The summed E-state index contributed by atoms with van der Waals surface area (Å²) in [4.78, 5) is 21.8. The lowest BCUT2D eigenvalue weighted by Gasteiger charge is -2.20. The standard InChI is InChI=1S/C22H32FN5O.HI/c1-2-24-22(25-11-6-14-28-13-5-3-4-7-21(28)29)26-12-10-17-16-27-20-15-18(23)8-9-19(17)20;/h8-9,15-16,27H,2-7,10-14H2,1H3,(H2,24,25,26);1H. The summed E-state index contributed by atoms with van der Waals surface area (Å²) >= 11 is 0. The van der Waals surface area contributed by atoms with Gasteiger partial charge in [0.2, 0.25) is 5.91 Å². The maximum absolute atomic E-state index is 13.3. The highest BCUT2D eigenvalue weighted by molar-refractivity contribution is 14.0. The smallest absolute Gasteiger partial charge is 0.222 e. The van der Waals surface area contributed by atoms with E-state index in [1.165, 1.54) is 12.1 Å². The van der Waals surface area contributed by atoms with E-state index in [4.69, 9.17) is 0 Å². The Morgan fingerprint density at radius 1 is 1.27 bits per heavy atom. The minimum atomic E-state index is -0.229. The number of likely N-dealkylation sites (tertiary alicyclic amines) is 1. The Balaban J connectivity index is 0.00000320. The van der Waals surface area contributed by atoms with Crippen LogP contribution in [0.15, 0.2) is 29.4 Å². The van der Waals surface area contributed by atoms with E-state index in [0.717, 1.165) is 80.7 Å². The van der Waals surface area contributed by atoms with Crippen LogP contribution in [0.3, 0.4) is 0 Å². The van der Waals surface area contributed by atoms with Crippen molar-refractivity contribution in [2.24, 2.45) is 4.99 Å². The number of halogens is 2. The van der Waals surface area contributed by atoms with Gasteiger partial charge in [0.15, 0.2) is 5.96 Å². The maximum atomic E-state index is 13.3. The van der Waals surface area contributed by atoms with Gasteiger partial charge >= 0.3 is 0 Å². The number of nitrogens with zero attached hydrogens (tertiary/aromatic N) is 2. The number of carbonyl (C=O) groups is 1. The normalized spacial score (nSPS) is 15.1. The lowest BCUT2D eigenvalue weighted by Crippen LogP contribution is -2.38. The van der Waals surface area contributed by atoms with E-state index in [0.29, 0.717) is 13.0 Å². The van der Waals surface area contributed by atoms with Gasteiger partial charge in [-0.05, 0) is 56.4 Å². The summed E-state index contributed by atoms with van der Waals surface area (Å²) in [7, 11) is 0. The molecule has 1 aromatic heterocycles. The quantitative estimate of drug-likeness (QED) is 0.211. The van der Waals surface area contributed by atoms with Crippen molar-refractivity contribution in [2.45, 2.75) is 45.4 Å². The molecule has 1 amide bonds. The molecule has 0 spiro atoms. The second-order valence-electron chi connectivity index (χ2n) is 7.49. The number of rotatable bonds is 8. The van der Waals surface area contributed by atoms with Gasteiger partial charge < -0.3 is 20.5 Å². The number of aliphatic imine (C=N–C) groups is 1. The lowest BCUT2D eigenvalue weighted by atomic mass is 10.1. The van der Waals surface area contributed by atoms with Gasteiger partial charge in [0.1, 0.15) is 5.82 Å². The Morgan fingerprint density at radius 2 is 2.13 bits per heavy atom. The highest BCUT2D eigenvalue weighted by Gasteiger charge is 2.15. The van der Waals surface area contributed by atoms with Crippen LogP contribution in [0, 0.1) is 5.82 Å².